The molecule has 18 heavy (non-hydrogen) atoms. The number of thiophene rings is 1. The van der Waals surface area contributed by atoms with Crippen molar-refractivity contribution in [3.8, 4) is 6.07 Å². The summed E-state index contributed by atoms with van der Waals surface area (Å²) < 4.78 is 0.749. The lowest BCUT2D eigenvalue weighted by Gasteiger charge is -2.16. The second-order valence-corrected chi connectivity index (χ2v) is 5.22. The molecule has 6 heteroatoms. The molecule has 0 unspecified atom stereocenters. The number of hydrogen-bond donors (Lipinski definition) is 0. The fourth-order valence-corrected chi connectivity index (χ4v) is 2.96. The first kappa shape index (κ1) is 12.7. The number of carbonyl (C=O) groups excluding carboxylic acids is 1. The average molecular weight is 322 g/mol. The predicted molar refractivity (Wildman–Crippen MR) is 73.7 cm³/mol. The first-order chi connectivity index (χ1) is 8.65. The van der Waals surface area contributed by atoms with E-state index in [-0.39, 0.29) is 5.91 Å². The molecule has 90 valence electrons. The van der Waals surface area contributed by atoms with E-state index in [0.717, 1.165) is 4.47 Å². The van der Waals surface area contributed by atoms with Crippen molar-refractivity contribution < 1.29 is 4.79 Å². The highest BCUT2D eigenvalue weighted by Gasteiger charge is 2.20. The minimum Gasteiger partial charge on any atom is -0.294 e. The summed E-state index contributed by atoms with van der Waals surface area (Å²) in [6, 6.07) is 7.14. The fourth-order valence-electron chi connectivity index (χ4n) is 1.45. The second-order valence-electron chi connectivity index (χ2n) is 3.45. The zero-order valence-electron chi connectivity index (χ0n) is 9.42. The molecule has 0 aliphatic carbocycles. The zero-order valence-corrected chi connectivity index (χ0v) is 11.8. The van der Waals surface area contributed by atoms with E-state index in [0.29, 0.717) is 16.3 Å². The quantitative estimate of drug-likeness (QED) is 0.854. The van der Waals surface area contributed by atoms with Gasteiger partial charge in [-0.15, -0.1) is 11.3 Å². The smallest absolute Gasteiger partial charge is 0.270 e. The lowest BCUT2D eigenvalue weighted by molar-refractivity contribution is 0.0995. The minimum atomic E-state index is -0.188. The highest BCUT2D eigenvalue weighted by Crippen LogP contribution is 2.26. The number of rotatable bonds is 2. The Morgan fingerprint density at radius 3 is 2.94 bits per heavy atom. The monoisotopic (exact) mass is 321 g/mol. The maximum atomic E-state index is 12.3. The standard InChI is InChI=1S/C12H8BrN3OS/c1-16(11-8(7-14)3-2-5-15-11)12(17)10-9(13)4-6-18-10/h2-6H,1H3. The van der Waals surface area contributed by atoms with Crippen LogP contribution in [0.4, 0.5) is 5.82 Å². The third-order valence-electron chi connectivity index (χ3n) is 2.34. The molecule has 0 spiro atoms. The third-order valence-corrected chi connectivity index (χ3v) is 4.17. The van der Waals surface area contributed by atoms with Gasteiger partial charge in [-0.05, 0) is 39.5 Å². The molecule has 0 N–H and O–H groups in total. The Balaban J connectivity index is 2.38. The fraction of sp³-hybridized carbons (Fsp3) is 0.0833. The van der Waals surface area contributed by atoms with Gasteiger partial charge in [0.25, 0.3) is 5.91 Å². The molecule has 0 aromatic carbocycles. The van der Waals surface area contributed by atoms with E-state index < -0.39 is 0 Å². The van der Waals surface area contributed by atoms with Gasteiger partial charge in [0.2, 0.25) is 0 Å². The van der Waals surface area contributed by atoms with Crippen molar-refractivity contribution in [3.05, 3.63) is 44.7 Å². The molecule has 2 heterocycles. The van der Waals surface area contributed by atoms with E-state index in [1.165, 1.54) is 16.2 Å². The number of pyridine rings is 1. The van der Waals surface area contributed by atoms with E-state index in [1.54, 1.807) is 25.4 Å². The minimum absolute atomic E-state index is 0.188. The average Bonchev–Trinajstić information content (AvgIpc) is 2.83. The van der Waals surface area contributed by atoms with Gasteiger partial charge in [0.1, 0.15) is 10.9 Å². The number of halogens is 1. The maximum Gasteiger partial charge on any atom is 0.270 e. The summed E-state index contributed by atoms with van der Waals surface area (Å²) in [5, 5.41) is 10.8. The molecule has 0 radical (unpaired) electrons. The van der Waals surface area contributed by atoms with Crippen LogP contribution in [0.15, 0.2) is 34.2 Å². The van der Waals surface area contributed by atoms with E-state index in [2.05, 4.69) is 20.9 Å². The summed E-state index contributed by atoms with van der Waals surface area (Å²) in [7, 11) is 1.61. The third kappa shape index (κ3) is 2.28. The van der Waals surface area contributed by atoms with E-state index in [4.69, 9.17) is 5.26 Å². The molecule has 0 saturated heterocycles. The van der Waals surface area contributed by atoms with Crippen molar-refractivity contribution in [2.75, 3.05) is 11.9 Å². The molecule has 0 saturated carbocycles. The van der Waals surface area contributed by atoms with Gasteiger partial charge >= 0.3 is 0 Å². The van der Waals surface area contributed by atoms with E-state index in [1.807, 2.05) is 17.5 Å². The lowest BCUT2D eigenvalue weighted by Crippen LogP contribution is -2.27. The largest absolute Gasteiger partial charge is 0.294 e. The van der Waals surface area contributed by atoms with Crippen LogP contribution >= 0.6 is 27.3 Å². The highest BCUT2D eigenvalue weighted by molar-refractivity contribution is 9.10. The highest BCUT2D eigenvalue weighted by atomic mass is 79.9. The molecule has 2 aromatic heterocycles. The van der Waals surface area contributed by atoms with Crippen LogP contribution in [0.3, 0.4) is 0 Å². The summed E-state index contributed by atoms with van der Waals surface area (Å²) >= 11 is 4.67. The molecule has 0 bridgehead atoms. The van der Waals surface area contributed by atoms with Crippen LogP contribution in [0.25, 0.3) is 0 Å². The second kappa shape index (κ2) is 5.29. The molecular weight excluding hydrogens is 314 g/mol. The summed E-state index contributed by atoms with van der Waals surface area (Å²) in [6.45, 7) is 0. The molecule has 0 fully saturated rings. The number of nitriles is 1. The Morgan fingerprint density at radius 2 is 2.33 bits per heavy atom. The van der Waals surface area contributed by atoms with Crippen LogP contribution in [0, 0.1) is 11.3 Å². The van der Waals surface area contributed by atoms with Crippen molar-refractivity contribution in [2.24, 2.45) is 0 Å². The normalized spacial score (nSPS) is 9.83. The van der Waals surface area contributed by atoms with Crippen molar-refractivity contribution in [1.29, 1.82) is 5.26 Å². The van der Waals surface area contributed by atoms with Gasteiger partial charge < -0.3 is 0 Å². The Morgan fingerprint density at radius 1 is 1.56 bits per heavy atom. The van der Waals surface area contributed by atoms with Crippen LogP contribution in [0.5, 0.6) is 0 Å². The lowest BCUT2D eigenvalue weighted by atomic mass is 10.2. The molecule has 2 aromatic rings. The molecule has 0 aliphatic rings. The first-order valence-electron chi connectivity index (χ1n) is 5.01. The Bertz CT molecular complexity index is 632. The summed E-state index contributed by atoms with van der Waals surface area (Å²) in [5.41, 5.74) is 0.376. The summed E-state index contributed by atoms with van der Waals surface area (Å²) in [6.07, 6.45) is 1.56. The van der Waals surface area contributed by atoms with Crippen molar-refractivity contribution in [2.45, 2.75) is 0 Å². The van der Waals surface area contributed by atoms with E-state index in [9.17, 15) is 4.79 Å². The van der Waals surface area contributed by atoms with Crippen LogP contribution in [-0.4, -0.2) is 17.9 Å². The van der Waals surface area contributed by atoms with Crippen LogP contribution in [0.1, 0.15) is 15.2 Å². The predicted octanol–water partition coefficient (Wildman–Crippen LogP) is 3.05. The summed E-state index contributed by atoms with van der Waals surface area (Å²) in [4.78, 5) is 18.3. The topological polar surface area (TPSA) is 57.0 Å². The number of carbonyl (C=O) groups is 1. The van der Waals surface area contributed by atoms with Crippen LogP contribution < -0.4 is 4.90 Å². The van der Waals surface area contributed by atoms with Gasteiger partial charge in [-0.3, -0.25) is 9.69 Å². The van der Waals surface area contributed by atoms with Gasteiger partial charge in [-0.2, -0.15) is 5.26 Å². The van der Waals surface area contributed by atoms with Crippen LogP contribution in [0.2, 0.25) is 0 Å². The van der Waals surface area contributed by atoms with Crippen LogP contribution in [-0.2, 0) is 0 Å². The first-order valence-corrected chi connectivity index (χ1v) is 6.68. The van der Waals surface area contributed by atoms with Gasteiger partial charge in [0.05, 0.1) is 5.56 Å². The number of aromatic nitrogens is 1. The molecule has 0 aliphatic heterocycles. The molecule has 2 rings (SSSR count). The Hall–Kier alpha value is -1.71. The van der Waals surface area contributed by atoms with Gasteiger partial charge in [0.15, 0.2) is 5.82 Å². The molecule has 4 nitrogen and oxygen atoms in total. The zero-order chi connectivity index (χ0) is 13.1. The Kier molecular flexibility index (Phi) is 3.75. The number of hydrogen-bond acceptors (Lipinski definition) is 4. The van der Waals surface area contributed by atoms with Gasteiger partial charge in [-0.1, -0.05) is 0 Å². The van der Waals surface area contributed by atoms with Crippen molar-refractivity contribution >= 4 is 39.0 Å². The van der Waals surface area contributed by atoms with E-state index >= 15 is 0 Å². The molecular formula is C12H8BrN3OS. The number of anilines is 1. The molecule has 1 amide bonds. The van der Waals surface area contributed by atoms with Crippen molar-refractivity contribution in [3.63, 3.8) is 0 Å². The van der Waals surface area contributed by atoms with Crippen molar-refractivity contribution in [1.82, 2.24) is 4.98 Å². The molecule has 0 atom stereocenters. The van der Waals surface area contributed by atoms with Gasteiger partial charge in [0, 0.05) is 17.7 Å². The maximum absolute atomic E-state index is 12.3. The number of nitrogens with zero attached hydrogens (tertiary/aromatic N) is 3. The summed E-state index contributed by atoms with van der Waals surface area (Å²) in [5.74, 6) is 0.178. The Labute approximate surface area is 117 Å². The number of amides is 1. The SMILES string of the molecule is CN(C(=O)c1sccc1Br)c1ncccc1C#N. The van der Waals surface area contributed by atoms with Gasteiger partial charge in [-0.25, -0.2) is 4.98 Å².